The number of carbonyl (C=O) groups is 2. The second-order valence-electron chi connectivity index (χ2n) is 6.04. The van der Waals surface area contributed by atoms with Gasteiger partial charge in [-0.3, -0.25) is 4.79 Å². The van der Waals surface area contributed by atoms with Gasteiger partial charge >= 0.3 is 6.03 Å². The van der Waals surface area contributed by atoms with E-state index in [1.165, 1.54) is 6.07 Å². The monoisotopic (exact) mass is 341 g/mol. The molecule has 3 amide bonds. The quantitative estimate of drug-likeness (QED) is 0.912. The molecule has 0 unspecified atom stereocenters. The van der Waals surface area contributed by atoms with Crippen molar-refractivity contribution in [3.63, 3.8) is 0 Å². The average molecular weight is 341 g/mol. The third kappa shape index (κ3) is 3.96. The predicted octanol–water partition coefficient (Wildman–Crippen LogP) is 3.12. The Morgan fingerprint density at radius 1 is 0.960 bits per heavy atom. The van der Waals surface area contributed by atoms with Gasteiger partial charge < -0.3 is 15.1 Å². The fourth-order valence-electron chi connectivity index (χ4n) is 2.75. The van der Waals surface area contributed by atoms with E-state index in [0.29, 0.717) is 37.3 Å². The topological polar surface area (TPSA) is 52.7 Å². The maximum atomic E-state index is 13.6. The highest BCUT2D eigenvalue weighted by Crippen LogP contribution is 2.14. The lowest BCUT2D eigenvalue weighted by atomic mass is 10.1. The number of rotatable bonds is 2. The number of carbonyl (C=O) groups excluding carboxylic acids is 2. The van der Waals surface area contributed by atoms with E-state index in [-0.39, 0.29) is 17.8 Å². The standard InChI is InChI=1S/C19H20FN3O2/c1-14-7-8-15(13-17(14)20)18(24)22-9-11-23(12-10-22)19(25)21-16-5-3-2-4-6-16/h2-8,13H,9-12H2,1H3,(H,21,25). The summed E-state index contributed by atoms with van der Waals surface area (Å²) in [5.74, 6) is -0.589. The van der Waals surface area contributed by atoms with Crippen LogP contribution in [0.5, 0.6) is 0 Å². The summed E-state index contributed by atoms with van der Waals surface area (Å²) in [6.07, 6.45) is 0. The lowest BCUT2D eigenvalue weighted by Gasteiger charge is -2.34. The first-order valence-corrected chi connectivity index (χ1v) is 8.21. The van der Waals surface area contributed by atoms with Crippen LogP contribution < -0.4 is 5.32 Å². The number of anilines is 1. The van der Waals surface area contributed by atoms with Gasteiger partial charge in [0.2, 0.25) is 0 Å². The Labute approximate surface area is 146 Å². The fraction of sp³-hybridized carbons (Fsp3) is 0.263. The van der Waals surface area contributed by atoms with Gasteiger partial charge in [0.05, 0.1) is 0 Å². The van der Waals surface area contributed by atoms with E-state index in [9.17, 15) is 14.0 Å². The van der Waals surface area contributed by atoms with E-state index in [1.807, 2.05) is 30.3 Å². The number of piperazine rings is 1. The summed E-state index contributed by atoms with van der Waals surface area (Å²) in [5.41, 5.74) is 1.59. The molecule has 6 heteroatoms. The summed E-state index contributed by atoms with van der Waals surface area (Å²) < 4.78 is 13.6. The number of halogens is 1. The van der Waals surface area contributed by atoms with E-state index in [1.54, 1.807) is 28.9 Å². The van der Waals surface area contributed by atoms with Gasteiger partial charge in [0, 0.05) is 37.4 Å². The van der Waals surface area contributed by atoms with Crippen molar-refractivity contribution in [1.82, 2.24) is 9.80 Å². The Hall–Kier alpha value is -2.89. The van der Waals surface area contributed by atoms with Gasteiger partial charge in [-0.2, -0.15) is 0 Å². The van der Waals surface area contributed by atoms with Crippen molar-refractivity contribution in [1.29, 1.82) is 0 Å². The number of para-hydroxylation sites is 1. The molecular formula is C19H20FN3O2. The second-order valence-corrected chi connectivity index (χ2v) is 6.04. The summed E-state index contributed by atoms with van der Waals surface area (Å²) in [7, 11) is 0. The zero-order valence-electron chi connectivity index (χ0n) is 14.0. The van der Waals surface area contributed by atoms with Crippen LogP contribution in [0.25, 0.3) is 0 Å². The zero-order chi connectivity index (χ0) is 17.8. The van der Waals surface area contributed by atoms with Crippen LogP contribution in [-0.4, -0.2) is 47.9 Å². The first kappa shape index (κ1) is 17.0. The molecule has 0 saturated carbocycles. The fourth-order valence-corrected chi connectivity index (χ4v) is 2.75. The van der Waals surface area contributed by atoms with Crippen LogP contribution in [0.1, 0.15) is 15.9 Å². The number of urea groups is 1. The number of aryl methyl sites for hydroxylation is 1. The molecule has 130 valence electrons. The van der Waals surface area contributed by atoms with Crippen LogP contribution in [0.2, 0.25) is 0 Å². The minimum Gasteiger partial charge on any atom is -0.335 e. The second kappa shape index (κ2) is 7.34. The summed E-state index contributed by atoms with van der Waals surface area (Å²) >= 11 is 0. The molecule has 3 rings (SSSR count). The van der Waals surface area contributed by atoms with E-state index >= 15 is 0 Å². The van der Waals surface area contributed by atoms with Crippen LogP contribution in [0, 0.1) is 12.7 Å². The van der Waals surface area contributed by atoms with Gasteiger partial charge in [0.15, 0.2) is 0 Å². The predicted molar refractivity (Wildman–Crippen MR) is 94.1 cm³/mol. The van der Waals surface area contributed by atoms with Crippen molar-refractivity contribution in [2.75, 3.05) is 31.5 Å². The van der Waals surface area contributed by atoms with E-state index in [4.69, 9.17) is 0 Å². The molecule has 1 heterocycles. The lowest BCUT2D eigenvalue weighted by molar-refractivity contribution is 0.0671. The molecule has 0 bridgehead atoms. The van der Waals surface area contributed by atoms with Crippen molar-refractivity contribution < 1.29 is 14.0 Å². The number of nitrogens with one attached hydrogen (secondary N) is 1. The van der Waals surface area contributed by atoms with Gasteiger partial charge in [0.25, 0.3) is 5.91 Å². The highest BCUT2D eigenvalue weighted by atomic mass is 19.1. The number of benzene rings is 2. The minimum absolute atomic E-state index is 0.181. The largest absolute Gasteiger partial charge is 0.335 e. The van der Waals surface area contributed by atoms with Crippen LogP contribution in [0.3, 0.4) is 0 Å². The third-order valence-electron chi connectivity index (χ3n) is 4.30. The molecule has 25 heavy (non-hydrogen) atoms. The van der Waals surface area contributed by atoms with E-state index in [2.05, 4.69) is 5.32 Å². The molecule has 1 saturated heterocycles. The average Bonchev–Trinajstić information content (AvgIpc) is 2.64. The van der Waals surface area contributed by atoms with E-state index in [0.717, 1.165) is 5.69 Å². The maximum Gasteiger partial charge on any atom is 0.321 e. The van der Waals surface area contributed by atoms with Gasteiger partial charge in [-0.1, -0.05) is 24.3 Å². The van der Waals surface area contributed by atoms with E-state index < -0.39 is 0 Å². The molecule has 1 aliphatic heterocycles. The van der Waals surface area contributed by atoms with Crippen molar-refractivity contribution in [3.05, 3.63) is 65.5 Å². The third-order valence-corrected chi connectivity index (χ3v) is 4.30. The molecule has 0 aromatic heterocycles. The molecule has 2 aromatic carbocycles. The lowest BCUT2D eigenvalue weighted by Crippen LogP contribution is -2.51. The number of nitrogens with zero attached hydrogens (tertiary/aromatic N) is 2. The Balaban J connectivity index is 1.57. The SMILES string of the molecule is Cc1ccc(C(=O)N2CCN(C(=O)Nc3ccccc3)CC2)cc1F. The van der Waals surface area contributed by atoms with Crippen molar-refractivity contribution in [2.24, 2.45) is 0 Å². The summed E-state index contributed by atoms with van der Waals surface area (Å²) in [5, 5.41) is 2.84. The molecule has 5 nitrogen and oxygen atoms in total. The molecule has 0 aliphatic carbocycles. The molecule has 2 aromatic rings. The molecular weight excluding hydrogens is 321 g/mol. The number of hydrogen-bond donors (Lipinski definition) is 1. The van der Waals surface area contributed by atoms with Gasteiger partial charge in [-0.15, -0.1) is 0 Å². The maximum absolute atomic E-state index is 13.6. The van der Waals surface area contributed by atoms with Crippen LogP contribution in [0.4, 0.5) is 14.9 Å². The molecule has 0 radical (unpaired) electrons. The first-order valence-electron chi connectivity index (χ1n) is 8.21. The van der Waals surface area contributed by atoms with Gasteiger partial charge in [-0.25, -0.2) is 9.18 Å². The first-order chi connectivity index (χ1) is 12.0. The van der Waals surface area contributed by atoms with Crippen LogP contribution in [0.15, 0.2) is 48.5 Å². The Morgan fingerprint density at radius 2 is 1.60 bits per heavy atom. The highest BCUT2D eigenvalue weighted by molar-refractivity contribution is 5.94. The van der Waals surface area contributed by atoms with Crippen molar-refractivity contribution in [3.8, 4) is 0 Å². The van der Waals surface area contributed by atoms with Crippen molar-refractivity contribution in [2.45, 2.75) is 6.92 Å². The highest BCUT2D eigenvalue weighted by Gasteiger charge is 2.25. The van der Waals surface area contributed by atoms with Gasteiger partial charge in [0.1, 0.15) is 5.82 Å². The van der Waals surface area contributed by atoms with Gasteiger partial charge in [-0.05, 0) is 36.8 Å². The summed E-state index contributed by atoms with van der Waals surface area (Å²) in [6, 6.07) is 13.6. The molecule has 1 fully saturated rings. The number of hydrogen-bond acceptors (Lipinski definition) is 2. The van der Waals surface area contributed by atoms with Crippen LogP contribution >= 0.6 is 0 Å². The number of amides is 3. The Kier molecular flexibility index (Phi) is 4.97. The smallest absolute Gasteiger partial charge is 0.321 e. The molecule has 1 N–H and O–H groups in total. The Morgan fingerprint density at radius 3 is 2.24 bits per heavy atom. The summed E-state index contributed by atoms with van der Waals surface area (Å²) in [4.78, 5) is 28.1. The molecule has 1 aliphatic rings. The van der Waals surface area contributed by atoms with Crippen molar-refractivity contribution >= 4 is 17.6 Å². The zero-order valence-corrected chi connectivity index (χ0v) is 14.0. The minimum atomic E-state index is -0.383. The molecule has 0 atom stereocenters. The summed E-state index contributed by atoms with van der Waals surface area (Å²) in [6.45, 7) is 3.40. The normalized spacial score (nSPS) is 14.3. The Bertz CT molecular complexity index is 771. The van der Waals surface area contributed by atoms with Crippen LogP contribution in [-0.2, 0) is 0 Å². The molecule has 0 spiro atoms.